The zero-order valence-corrected chi connectivity index (χ0v) is 7.92. The molecule has 0 saturated heterocycles. The van der Waals surface area contributed by atoms with Gasteiger partial charge >= 0.3 is 0 Å². The number of thiol groups is 1. The lowest BCUT2D eigenvalue weighted by Crippen LogP contribution is -1.87. The molecule has 3 heteroatoms. The van der Waals surface area contributed by atoms with Gasteiger partial charge in [0.05, 0.1) is 5.56 Å². The molecule has 0 N–H and O–H groups in total. The van der Waals surface area contributed by atoms with Crippen LogP contribution >= 0.6 is 12.6 Å². The second-order valence-electron chi connectivity index (χ2n) is 2.36. The van der Waals surface area contributed by atoms with Crippen LogP contribution in [0.4, 0.5) is 0 Å². The highest BCUT2D eigenvalue weighted by molar-refractivity contribution is 7.80. The molecule has 13 heavy (non-hydrogen) atoms. The molecule has 0 fully saturated rings. The van der Waals surface area contributed by atoms with Crippen molar-refractivity contribution in [2.45, 2.75) is 6.42 Å². The summed E-state index contributed by atoms with van der Waals surface area (Å²) < 4.78 is 0. The number of aromatic nitrogens is 1. The lowest BCUT2D eigenvalue weighted by atomic mass is 10.1. The Kier molecular flexibility index (Phi) is 4.07. The molecule has 0 spiro atoms. The maximum Gasteiger partial charge on any atom is 0.151 e. The Morgan fingerprint density at radius 3 is 3.15 bits per heavy atom. The van der Waals surface area contributed by atoms with Crippen molar-refractivity contribution < 1.29 is 4.79 Å². The average Bonchev–Trinajstić information content (AvgIpc) is 2.19. The van der Waals surface area contributed by atoms with Crippen LogP contribution in [0.5, 0.6) is 0 Å². The number of hydrogen-bond acceptors (Lipinski definition) is 3. The highest BCUT2D eigenvalue weighted by atomic mass is 32.1. The predicted molar refractivity (Wildman–Crippen MR) is 55.0 cm³/mol. The van der Waals surface area contributed by atoms with E-state index < -0.39 is 0 Å². The molecule has 1 rings (SSSR count). The Morgan fingerprint density at radius 2 is 2.46 bits per heavy atom. The number of hydrogen-bond donors (Lipinski definition) is 1. The van der Waals surface area contributed by atoms with E-state index >= 15 is 0 Å². The number of nitrogens with zero attached hydrogens (tertiary/aromatic N) is 1. The van der Waals surface area contributed by atoms with E-state index in [2.05, 4.69) is 29.5 Å². The maximum atomic E-state index is 10.5. The second kappa shape index (κ2) is 5.39. The van der Waals surface area contributed by atoms with Crippen molar-refractivity contribution in [3.05, 3.63) is 29.6 Å². The molecule has 0 saturated carbocycles. The van der Waals surface area contributed by atoms with Crippen LogP contribution in [0, 0.1) is 11.8 Å². The van der Waals surface area contributed by atoms with Crippen molar-refractivity contribution >= 4 is 18.9 Å². The largest absolute Gasteiger partial charge is 0.298 e. The monoisotopic (exact) mass is 191 g/mol. The standard InChI is InChI=1S/C10H9NOS/c12-8-10-4-5-11-7-9(10)3-1-2-6-13/h4-5,7-8,13H,2,6H2. The summed E-state index contributed by atoms with van der Waals surface area (Å²) in [7, 11) is 0. The molecular formula is C10H9NOS. The van der Waals surface area contributed by atoms with Crippen molar-refractivity contribution in [3.63, 3.8) is 0 Å². The first kappa shape index (κ1) is 9.82. The van der Waals surface area contributed by atoms with Gasteiger partial charge in [0.2, 0.25) is 0 Å². The molecule has 1 heterocycles. The van der Waals surface area contributed by atoms with E-state index in [9.17, 15) is 4.79 Å². The minimum absolute atomic E-state index is 0.585. The molecule has 0 bridgehead atoms. The van der Waals surface area contributed by atoms with Crippen LogP contribution < -0.4 is 0 Å². The number of rotatable bonds is 2. The molecule has 0 aliphatic rings. The Hall–Kier alpha value is -1.27. The second-order valence-corrected chi connectivity index (χ2v) is 2.80. The number of carbonyl (C=O) groups excluding carboxylic acids is 1. The molecule has 0 amide bonds. The van der Waals surface area contributed by atoms with Crippen LogP contribution in [0.25, 0.3) is 0 Å². The van der Waals surface area contributed by atoms with E-state index in [1.807, 2.05) is 0 Å². The van der Waals surface area contributed by atoms with Crippen molar-refractivity contribution in [1.82, 2.24) is 4.98 Å². The summed E-state index contributed by atoms with van der Waals surface area (Å²) in [5, 5.41) is 0. The SMILES string of the molecule is O=Cc1ccncc1C#CCCS. The third-order valence-electron chi connectivity index (χ3n) is 1.44. The highest BCUT2D eigenvalue weighted by Crippen LogP contribution is 2.01. The van der Waals surface area contributed by atoms with E-state index in [4.69, 9.17) is 0 Å². The van der Waals surface area contributed by atoms with Gasteiger partial charge in [-0.3, -0.25) is 9.78 Å². The van der Waals surface area contributed by atoms with Crippen molar-refractivity contribution in [1.29, 1.82) is 0 Å². The number of aldehydes is 1. The Morgan fingerprint density at radius 1 is 1.62 bits per heavy atom. The molecule has 1 aromatic heterocycles. The molecule has 0 radical (unpaired) electrons. The third kappa shape index (κ3) is 2.92. The first-order valence-corrected chi connectivity index (χ1v) is 4.50. The fourth-order valence-electron chi connectivity index (χ4n) is 0.826. The summed E-state index contributed by atoms with van der Waals surface area (Å²) in [5.41, 5.74) is 1.26. The van der Waals surface area contributed by atoms with Gasteiger partial charge in [-0.25, -0.2) is 0 Å². The third-order valence-corrected chi connectivity index (χ3v) is 1.67. The van der Waals surface area contributed by atoms with Gasteiger partial charge in [-0.05, 0) is 6.07 Å². The van der Waals surface area contributed by atoms with E-state index in [0.29, 0.717) is 11.1 Å². The summed E-state index contributed by atoms with van der Waals surface area (Å²) in [5.74, 6) is 6.50. The zero-order valence-electron chi connectivity index (χ0n) is 7.03. The summed E-state index contributed by atoms with van der Waals surface area (Å²) in [4.78, 5) is 14.4. The first-order valence-electron chi connectivity index (χ1n) is 3.87. The van der Waals surface area contributed by atoms with Gasteiger partial charge in [-0.15, -0.1) is 0 Å². The fourth-order valence-corrected chi connectivity index (χ4v) is 0.938. The van der Waals surface area contributed by atoms with Gasteiger partial charge in [0.25, 0.3) is 0 Å². The van der Waals surface area contributed by atoms with Gasteiger partial charge in [-0.1, -0.05) is 11.8 Å². The molecule has 66 valence electrons. The van der Waals surface area contributed by atoms with E-state index in [0.717, 1.165) is 18.5 Å². The Labute approximate surface area is 82.8 Å². The van der Waals surface area contributed by atoms with Crippen molar-refractivity contribution in [2.75, 3.05) is 5.75 Å². The Balaban J connectivity index is 2.88. The molecular weight excluding hydrogens is 182 g/mol. The van der Waals surface area contributed by atoms with Gasteiger partial charge in [-0.2, -0.15) is 12.6 Å². The van der Waals surface area contributed by atoms with Crippen LogP contribution in [0.1, 0.15) is 22.3 Å². The summed E-state index contributed by atoms with van der Waals surface area (Å²) in [6.45, 7) is 0. The van der Waals surface area contributed by atoms with Crippen molar-refractivity contribution in [3.8, 4) is 11.8 Å². The number of pyridine rings is 1. The molecule has 1 aromatic rings. The first-order chi connectivity index (χ1) is 6.38. The van der Waals surface area contributed by atoms with Crippen LogP contribution in [0.3, 0.4) is 0 Å². The minimum atomic E-state index is 0.585. The smallest absolute Gasteiger partial charge is 0.151 e. The molecule has 0 aromatic carbocycles. The maximum absolute atomic E-state index is 10.5. The quantitative estimate of drug-likeness (QED) is 0.437. The van der Waals surface area contributed by atoms with Gasteiger partial charge < -0.3 is 0 Å². The van der Waals surface area contributed by atoms with Crippen LogP contribution in [0.2, 0.25) is 0 Å². The zero-order chi connectivity index (χ0) is 9.52. The Bertz CT molecular complexity index is 351. The lowest BCUT2D eigenvalue weighted by molar-refractivity contribution is 0.112. The summed E-state index contributed by atoms with van der Waals surface area (Å²) in [6, 6.07) is 1.65. The van der Waals surface area contributed by atoms with E-state index in [1.54, 1.807) is 18.5 Å². The van der Waals surface area contributed by atoms with Crippen LogP contribution in [0.15, 0.2) is 18.5 Å². The van der Waals surface area contributed by atoms with E-state index in [1.165, 1.54) is 0 Å². The van der Waals surface area contributed by atoms with Crippen LogP contribution in [-0.2, 0) is 0 Å². The van der Waals surface area contributed by atoms with Crippen LogP contribution in [-0.4, -0.2) is 17.0 Å². The van der Waals surface area contributed by atoms with Gasteiger partial charge in [0.1, 0.15) is 0 Å². The summed E-state index contributed by atoms with van der Waals surface area (Å²) in [6.07, 6.45) is 4.67. The van der Waals surface area contributed by atoms with Gasteiger partial charge in [0.15, 0.2) is 6.29 Å². The molecule has 0 atom stereocenters. The average molecular weight is 191 g/mol. The number of carbonyl (C=O) groups is 1. The van der Waals surface area contributed by atoms with E-state index in [-0.39, 0.29) is 0 Å². The fraction of sp³-hybridized carbons (Fsp3) is 0.200. The lowest BCUT2D eigenvalue weighted by Gasteiger charge is -1.92. The van der Waals surface area contributed by atoms with Gasteiger partial charge in [0, 0.05) is 30.1 Å². The summed E-state index contributed by atoms with van der Waals surface area (Å²) >= 11 is 4.03. The topological polar surface area (TPSA) is 30.0 Å². The highest BCUT2D eigenvalue weighted by Gasteiger charge is 1.95. The molecule has 2 nitrogen and oxygen atoms in total. The minimum Gasteiger partial charge on any atom is -0.298 e. The molecule has 0 unspecified atom stereocenters. The predicted octanol–water partition coefficient (Wildman–Crippen LogP) is 1.57. The molecule has 0 aliphatic heterocycles. The molecule has 0 aliphatic carbocycles. The normalized spacial score (nSPS) is 8.69. The van der Waals surface area contributed by atoms with Crippen molar-refractivity contribution in [2.24, 2.45) is 0 Å².